The predicted octanol–water partition coefficient (Wildman–Crippen LogP) is 4.76. The summed E-state index contributed by atoms with van der Waals surface area (Å²) in [5.41, 5.74) is 3.36. The van der Waals surface area contributed by atoms with Gasteiger partial charge in [-0.25, -0.2) is 0 Å². The molecular weight excluding hydrogens is 300 g/mol. The van der Waals surface area contributed by atoms with Crippen LogP contribution in [0, 0.1) is 6.92 Å². The Bertz CT molecular complexity index is 747. The quantitative estimate of drug-likeness (QED) is 0.744. The molecule has 0 aromatic heterocycles. The molecule has 0 bridgehead atoms. The van der Waals surface area contributed by atoms with Crippen LogP contribution in [-0.2, 0) is 9.47 Å². The third kappa shape index (κ3) is 3.41. The average molecular weight is 322 g/mol. The fraction of sp³-hybridized carbons (Fsp3) is 0.286. The van der Waals surface area contributed by atoms with E-state index in [1.165, 1.54) is 0 Å². The lowest BCUT2D eigenvalue weighted by Crippen LogP contribution is -2.24. The molecule has 3 nitrogen and oxygen atoms in total. The third-order valence-electron chi connectivity index (χ3n) is 4.21. The Hall–Kier alpha value is -2.39. The van der Waals surface area contributed by atoms with Crippen molar-refractivity contribution in [3.63, 3.8) is 0 Å². The first-order valence-corrected chi connectivity index (χ1v) is 8.38. The number of allylic oxidation sites excluding steroid dienone is 1. The molecule has 0 saturated heterocycles. The maximum absolute atomic E-state index is 13.1. The van der Waals surface area contributed by atoms with Crippen molar-refractivity contribution in [2.24, 2.45) is 0 Å². The molecule has 3 heteroatoms. The summed E-state index contributed by atoms with van der Waals surface area (Å²) in [6, 6.07) is 17.5. The molecule has 0 aliphatic carbocycles. The summed E-state index contributed by atoms with van der Waals surface area (Å²) < 4.78 is 11.7. The Morgan fingerprint density at radius 2 is 1.83 bits per heavy atom. The lowest BCUT2D eigenvalue weighted by molar-refractivity contribution is -0.102. The van der Waals surface area contributed by atoms with Crippen molar-refractivity contribution in [1.29, 1.82) is 0 Å². The van der Waals surface area contributed by atoms with Crippen LogP contribution >= 0.6 is 0 Å². The zero-order chi connectivity index (χ0) is 16.9. The number of carbonyl (C=O) groups is 1. The maximum atomic E-state index is 13.1. The van der Waals surface area contributed by atoms with Gasteiger partial charge in [0.1, 0.15) is 5.76 Å². The largest absolute Gasteiger partial charge is 0.464 e. The zero-order valence-electron chi connectivity index (χ0n) is 14.1. The Labute approximate surface area is 142 Å². The van der Waals surface area contributed by atoms with Crippen LogP contribution in [0.5, 0.6) is 0 Å². The molecule has 1 aliphatic heterocycles. The van der Waals surface area contributed by atoms with Crippen LogP contribution in [0.2, 0.25) is 0 Å². The molecule has 1 aliphatic rings. The Kier molecular flexibility index (Phi) is 5.11. The van der Waals surface area contributed by atoms with E-state index in [4.69, 9.17) is 9.47 Å². The number of ketones is 1. The second-order valence-electron chi connectivity index (χ2n) is 5.86. The van der Waals surface area contributed by atoms with Crippen LogP contribution in [-0.4, -0.2) is 18.7 Å². The highest BCUT2D eigenvalue weighted by Crippen LogP contribution is 2.33. The van der Waals surface area contributed by atoms with E-state index in [1.807, 2.05) is 68.4 Å². The molecule has 0 amide bonds. The van der Waals surface area contributed by atoms with Crippen LogP contribution in [0.1, 0.15) is 41.3 Å². The van der Waals surface area contributed by atoms with Crippen molar-refractivity contribution in [2.75, 3.05) is 6.61 Å². The minimum Gasteiger partial charge on any atom is -0.464 e. The van der Waals surface area contributed by atoms with E-state index in [0.29, 0.717) is 25.2 Å². The van der Waals surface area contributed by atoms with Gasteiger partial charge in [-0.2, -0.15) is 0 Å². The van der Waals surface area contributed by atoms with Crippen molar-refractivity contribution in [1.82, 2.24) is 0 Å². The molecule has 2 aromatic carbocycles. The topological polar surface area (TPSA) is 35.5 Å². The van der Waals surface area contributed by atoms with Gasteiger partial charge in [0.2, 0.25) is 0 Å². The molecule has 0 saturated carbocycles. The van der Waals surface area contributed by atoms with Crippen molar-refractivity contribution in [2.45, 2.75) is 33.0 Å². The highest BCUT2D eigenvalue weighted by molar-refractivity contribution is 6.13. The van der Waals surface area contributed by atoms with Gasteiger partial charge in [-0.05, 0) is 25.8 Å². The van der Waals surface area contributed by atoms with Gasteiger partial charge in [-0.3, -0.25) is 4.79 Å². The molecule has 1 atom stereocenters. The number of hydrogen-bond donors (Lipinski definition) is 0. The van der Waals surface area contributed by atoms with Crippen LogP contribution in [0.4, 0.5) is 0 Å². The van der Waals surface area contributed by atoms with E-state index in [2.05, 4.69) is 0 Å². The SMILES string of the molecule is CCOC1CCC(C(=O)c2ccccc2C)=C(c2ccccc2)O1. The zero-order valence-corrected chi connectivity index (χ0v) is 14.1. The summed E-state index contributed by atoms with van der Waals surface area (Å²) in [6.07, 6.45) is 1.05. The van der Waals surface area contributed by atoms with Crippen molar-refractivity contribution in [3.8, 4) is 0 Å². The van der Waals surface area contributed by atoms with Gasteiger partial charge in [0, 0.05) is 29.7 Å². The standard InChI is InChI=1S/C21H22O3/c1-3-23-19-14-13-18(20(22)17-12-8-7-9-15(17)2)21(24-19)16-10-5-4-6-11-16/h4-12,19H,3,13-14H2,1-2H3. The molecular formula is C21H22O3. The molecule has 24 heavy (non-hydrogen) atoms. The fourth-order valence-electron chi connectivity index (χ4n) is 2.98. The third-order valence-corrected chi connectivity index (χ3v) is 4.21. The van der Waals surface area contributed by atoms with Gasteiger partial charge in [-0.1, -0.05) is 54.6 Å². The lowest BCUT2D eigenvalue weighted by Gasteiger charge is -2.28. The van der Waals surface area contributed by atoms with Gasteiger partial charge >= 0.3 is 0 Å². The number of aryl methyl sites for hydroxylation is 1. The smallest absolute Gasteiger partial charge is 0.200 e. The number of Topliss-reactive ketones (excluding diaryl/α,β-unsaturated/α-hetero) is 1. The molecule has 0 fully saturated rings. The number of benzene rings is 2. The fourth-order valence-corrected chi connectivity index (χ4v) is 2.98. The monoisotopic (exact) mass is 322 g/mol. The van der Waals surface area contributed by atoms with E-state index in [1.54, 1.807) is 0 Å². The molecule has 0 N–H and O–H groups in total. The first-order valence-electron chi connectivity index (χ1n) is 8.38. The number of hydrogen-bond acceptors (Lipinski definition) is 3. The Balaban J connectivity index is 2.03. The summed E-state index contributed by atoms with van der Waals surface area (Å²) in [5.74, 6) is 0.690. The highest BCUT2D eigenvalue weighted by atomic mass is 16.7. The molecule has 124 valence electrons. The Morgan fingerprint density at radius 1 is 1.12 bits per heavy atom. The van der Waals surface area contributed by atoms with E-state index in [-0.39, 0.29) is 12.1 Å². The molecule has 1 heterocycles. The van der Waals surface area contributed by atoms with Crippen LogP contribution in [0.25, 0.3) is 5.76 Å². The minimum absolute atomic E-state index is 0.0434. The van der Waals surface area contributed by atoms with E-state index >= 15 is 0 Å². The predicted molar refractivity (Wildman–Crippen MR) is 94.6 cm³/mol. The number of ether oxygens (including phenoxy) is 2. The highest BCUT2D eigenvalue weighted by Gasteiger charge is 2.28. The van der Waals surface area contributed by atoms with Gasteiger partial charge in [0.05, 0.1) is 0 Å². The second kappa shape index (κ2) is 7.45. The maximum Gasteiger partial charge on any atom is 0.200 e. The van der Waals surface area contributed by atoms with Crippen molar-refractivity contribution >= 4 is 11.5 Å². The van der Waals surface area contributed by atoms with E-state index < -0.39 is 0 Å². The summed E-state index contributed by atoms with van der Waals surface area (Å²) in [5, 5.41) is 0. The summed E-state index contributed by atoms with van der Waals surface area (Å²) >= 11 is 0. The van der Waals surface area contributed by atoms with E-state index in [0.717, 1.165) is 22.3 Å². The molecule has 3 rings (SSSR count). The van der Waals surface area contributed by atoms with Gasteiger partial charge < -0.3 is 9.47 Å². The van der Waals surface area contributed by atoms with Crippen LogP contribution in [0.15, 0.2) is 60.2 Å². The van der Waals surface area contributed by atoms with Crippen molar-refractivity contribution < 1.29 is 14.3 Å². The van der Waals surface area contributed by atoms with Crippen molar-refractivity contribution in [3.05, 3.63) is 76.9 Å². The van der Waals surface area contributed by atoms with E-state index in [9.17, 15) is 4.79 Å². The first-order chi connectivity index (χ1) is 11.7. The van der Waals surface area contributed by atoms with Crippen LogP contribution in [0.3, 0.4) is 0 Å². The van der Waals surface area contributed by atoms with Gasteiger partial charge in [-0.15, -0.1) is 0 Å². The Morgan fingerprint density at radius 3 is 2.54 bits per heavy atom. The molecule has 0 radical (unpaired) electrons. The minimum atomic E-state index is -0.293. The molecule has 1 unspecified atom stereocenters. The van der Waals surface area contributed by atoms with Gasteiger partial charge in [0.15, 0.2) is 12.1 Å². The lowest BCUT2D eigenvalue weighted by atomic mass is 9.92. The second-order valence-corrected chi connectivity index (χ2v) is 5.86. The van der Waals surface area contributed by atoms with Gasteiger partial charge in [0.25, 0.3) is 0 Å². The number of carbonyl (C=O) groups excluding carboxylic acids is 1. The first kappa shape index (κ1) is 16.5. The average Bonchev–Trinajstić information content (AvgIpc) is 2.62. The summed E-state index contributed by atoms with van der Waals surface area (Å²) in [6.45, 7) is 4.50. The normalized spacial score (nSPS) is 17.5. The number of rotatable bonds is 5. The molecule has 2 aromatic rings. The summed E-state index contributed by atoms with van der Waals surface area (Å²) in [7, 11) is 0. The summed E-state index contributed by atoms with van der Waals surface area (Å²) in [4.78, 5) is 13.1. The van der Waals surface area contributed by atoms with Crippen LogP contribution < -0.4 is 0 Å². The molecule has 0 spiro atoms.